The number of rotatable bonds is 11. The zero-order valence-corrected chi connectivity index (χ0v) is 20.7. The van der Waals surface area contributed by atoms with Gasteiger partial charge in [-0.2, -0.15) is 16.8 Å². The molecule has 2 aromatic rings. The van der Waals surface area contributed by atoms with E-state index in [0.29, 0.717) is 0 Å². The Morgan fingerprint density at radius 1 is 0.656 bits per heavy atom. The highest BCUT2D eigenvalue weighted by Crippen LogP contribution is 2.28. The lowest BCUT2D eigenvalue weighted by atomic mass is 9.94. The van der Waals surface area contributed by atoms with E-state index in [-0.39, 0.29) is 22.6 Å². The second-order valence-electron chi connectivity index (χ2n) is 8.86. The van der Waals surface area contributed by atoms with Gasteiger partial charge in [0.15, 0.2) is 0 Å². The Hall–Kier alpha value is -1.82. The molecule has 178 valence electrons. The Morgan fingerprint density at radius 2 is 1.00 bits per heavy atom. The van der Waals surface area contributed by atoms with Crippen LogP contribution in [0, 0.1) is 13.8 Å². The second kappa shape index (κ2) is 9.98. The maximum atomic E-state index is 12.3. The van der Waals surface area contributed by atoms with Crippen LogP contribution in [-0.2, 0) is 38.7 Å². The third kappa shape index (κ3) is 7.95. The van der Waals surface area contributed by atoms with Gasteiger partial charge < -0.3 is 0 Å². The molecule has 10 heteroatoms. The summed E-state index contributed by atoms with van der Waals surface area (Å²) in [7, 11) is -8.18. The van der Waals surface area contributed by atoms with E-state index in [1.165, 1.54) is 24.3 Å². The van der Waals surface area contributed by atoms with E-state index >= 15 is 0 Å². The quantitative estimate of drug-likeness (QED) is 0.335. The summed E-state index contributed by atoms with van der Waals surface area (Å²) in [5.41, 5.74) is -0.471. The van der Waals surface area contributed by atoms with Gasteiger partial charge in [0, 0.05) is 0 Å². The lowest BCUT2D eigenvalue weighted by molar-refractivity contribution is -0.298. The van der Waals surface area contributed by atoms with Crippen molar-refractivity contribution in [3.05, 3.63) is 59.7 Å². The van der Waals surface area contributed by atoms with Gasteiger partial charge >= 0.3 is 20.2 Å². The SMILES string of the molecule is Cc1cccc(S(=O)(=O)OOC(C)(C)CCC(C)(C)OOS(=O)(=O)c2cccc(C)c2)c1. The van der Waals surface area contributed by atoms with Gasteiger partial charge in [0.1, 0.15) is 0 Å². The first kappa shape index (κ1) is 26.4. The van der Waals surface area contributed by atoms with Gasteiger partial charge in [-0.1, -0.05) is 24.3 Å². The average Bonchev–Trinajstić information content (AvgIpc) is 2.70. The van der Waals surface area contributed by atoms with Crippen LogP contribution in [0.3, 0.4) is 0 Å². The summed E-state index contributed by atoms with van der Waals surface area (Å²) in [6, 6.07) is 12.6. The molecular formula is C22H30O8S2. The average molecular weight is 487 g/mol. The van der Waals surface area contributed by atoms with Crippen LogP contribution >= 0.6 is 0 Å². The fourth-order valence-corrected chi connectivity index (χ4v) is 4.44. The first-order valence-corrected chi connectivity index (χ1v) is 12.8. The molecule has 0 radical (unpaired) electrons. The minimum absolute atomic E-state index is 0.00767. The van der Waals surface area contributed by atoms with Gasteiger partial charge in [-0.3, -0.25) is 0 Å². The molecule has 2 aromatic carbocycles. The predicted molar refractivity (Wildman–Crippen MR) is 118 cm³/mol. The van der Waals surface area contributed by atoms with Crippen molar-refractivity contribution in [2.75, 3.05) is 0 Å². The van der Waals surface area contributed by atoms with Crippen molar-refractivity contribution in [1.29, 1.82) is 0 Å². The Bertz CT molecular complexity index is 1040. The predicted octanol–water partition coefficient (Wildman–Crippen LogP) is 4.61. The molecule has 0 heterocycles. The molecule has 0 spiro atoms. The van der Waals surface area contributed by atoms with Gasteiger partial charge in [0.25, 0.3) is 0 Å². The Morgan fingerprint density at radius 3 is 1.31 bits per heavy atom. The first-order valence-electron chi connectivity index (χ1n) is 10.00. The largest absolute Gasteiger partial charge is 0.323 e. The molecule has 0 aliphatic heterocycles. The van der Waals surface area contributed by atoms with E-state index in [1.807, 2.05) is 0 Å². The van der Waals surface area contributed by atoms with Crippen molar-refractivity contribution in [2.24, 2.45) is 0 Å². The van der Waals surface area contributed by atoms with Crippen molar-refractivity contribution in [3.8, 4) is 0 Å². The Balaban J connectivity index is 1.92. The first-order chi connectivity index (χ1) is 14.6. The highest BCUT2D eigenvalue weighted by atomic mass is 32.2. The van der Waals surface area contributed by atoms with Crippen LogP contribution in [0.4, 0.5) is 0 Å². The Kier molecular flexibility index (Phi) is 8.25. The van der Waals surface area contributed by atoms with E-state index in [2.05, 4.69) is 0 Å². The summed E-state index contributed by atoms with van der Waals surface area (Å²) in [4.78, 5) is 10.4. The second-order valence-corrected chi connectivity index (χ2v) is 11.9. The highest BCUT2D eigenvalue weighted by Gasteiger charge is 2.31. The minimum atomic E-state index is -4.09. The number of hydrogen-bond donors (Lipinski definition) is 0. The molecule has 8 nitrogen and oxygen atoms in total. The van der Waals surface area contributed by atoms with Crippen molar-refractivity contribution in [1.82, 2.24) is 0 Å². The smallest absolute Gasteiger partial charge is 0.214 e. The molecule has 2 rings (SSSR count). The molecule has 0 N–H and O–H groups in total. The standard InChI is InChI=1S/C22H30O8S2/c1-17-9-7-11-19(15-17)31(23,24)29-27-21(3,4)13-14-22(5,6)28-30-32(25,26)20-12-8-10-18(2)16-20/h7-12,15-16H,13-14H2,1-6H3. The van der Waals surface area contributed by atoms with Crippen LogP contribution in [0.1, 0.15) is 51.7 Å². The molecule has 0 unspecified atom stereocenters. The van der Waals surface area contributed by atoms with Crippen LogP contribution in [0.15, 0.2) is 58.3 Å². The summed E-state index contributed by atoms with van der Waals surface area (Å²) in [5.74, 6) is 0. The summed E-state index contributed by atoms with van der Waals surface area (Å²) >= 11 is 0. The number of benzene rings is 2. The maximum absolute atomic E-state index is 12.3. The summed E-state index contributed by atoms with van der Waals surface area (Å²) in [6.45, 7) is 10.1. The molecule has 0 aromatic heterocycles. The summed E-state index contributed by atoms with van der Waals surface area (Å²) < 4.78 is 59.0. The van der Waals surface area contributed by atoms with Crippen LogP contribution in [0.5, 0.6) is 0 Å². The third-order valence-electron chi connectivity index (χ3n) is 4.58. The molecular weight excluding hydrogens is 456 g/mol. The van der Waals surface area contributed by atoms with Crippen molar-refractivity contribution in [2.45, 2.75) is 75.4 Å². The summed E-state index contributed by atoms with van der Waals surface area (Å²) in [5, 5.41) is 0. The number of aryl methyl sites for hydroxylation is 2. The minimum Gasteiger partial charge on any atom is -0.214 e. The van der Waals surface area contributed by atoms with Crippen LogP contribution in [0.25, 0.3) is 0 Å². The fraction of sp³-hybridized carbons (Fsp3) is 0.455. The van der Waals surface area contributed by atoms with Gasteiger partial charge in [-0.25, -0.2) is 9.78 Å². The molecule has 0 bridgehead atoms. The van der Waals surface area contributed by atoms with Crippen LogP contribution < -0.4 is 0 Å². The lowest BCUT2D eigenvalue weighted by Crippen LogP contribution is -2.33. The molecule has 32 heavy (non-hydrogen) atoms. The third-order valence-corrected chi connectivity index (χ3v) is 6.74. The van der Waals surface area contributed by atoms with Gasteiger partial charge in [0.2, 0.25) is 0 Å². The molecule has 0 saturated carbocycles. The Labute approximate surface area is 190 Å². The van der Waals surface area contributed by atoms with Crippen molar-refractivity contribution >= 4 is 20.2 Å². The van der Waals surface area contributed by atoms with Crippen molar-refractivity contribution < 1.29 is 35.3 Å². The van der Waals surface area contributed by atoms with E-state index in [1.54, 1.807) is 65.8 Å². The van der Waals surface area contributed by atoms with Gasteiger partial charge in [-0.05, 0) is 89.8 Å². The molecule has 0 atom stereocenters. The molecule has 0 saturated heterocycles. The monoisotopic (exact) mass is 486 g/mol. The van der Waals surface area contributed by atoms with E-state index < -0.39 is 31.4 Å². The molecule has 0 aliphatic carbocycles. The van der Waals surface area contributed by atoms with E-state index in [9.17, 15) is 16.8 Å². The highest BCUT2D eigenvalue weighted by molar-refractivity contribution is 7.87. The normalized spacial score (nSPS) is 13.3. The molecule has 0 aliphatic rings. The van der Waals surface area contributed by atoms with E-state index in [0.717, 1.165) is 11.1 Å². The van der Waals surface area contributed by atoms with E-state index in [4.69, 9.17) is 18.4 Å². The van der Waals surface area contributed by atoms with Crippen molar-refractivity contribution in [3.63, 3.8) is 0 Å². The zero-order valence-electron chi connectivity index (χ0n) is 19.1. The fourth-order valence-electron chi connectivity index (χ4n) is 2.58. The molecule has 0 fully saturated rings. The van der Waals surface area contributed by atoms with Gasteiger partial charge in [0.05, 0.1) is 21.0 Å². The molecule has 0 amide bonds. The summed E-state index contributed by atoms with van der Waals surface area (Å²) in [6.07, 6.45) is 0.578. The number of hydrogen-bond acceptors (Lipinski definition) is 8. The zero-order chi connectivity index (χ0) is 24.2. The maximum Gasteiger partial charge on any atom is 0.323 e. The topological polar surface area (TPSA) is 105 Å². The van der Waals surface area contributed by atoms with Crippen LogP contribution in [0.2, 0.25) is 0 Å². The lowest BCUT2D eigenvalue weighted by Gasteiger charge is -2.28. The van der Waals surface area contributed by atoms with Gasteiger partial charge in [-0.15, -0.1) is 8.67 Å². The van der Waals surface area contributed by atoms with Crippen LogP contribution in [-0.4, -0.2) is 28.0 Å².